The minimum Gasteiger partial charge on any atom is -0.397 e. The summed E-state index contributed by atoms with van der Waals surface area (Å²) in [6.07, 6.45) is 0. The van der Waals surface area contributed by atoms with E-state index in [-0.39, 0.29) is 11.3 Å². The predicted octanol–water partition coefficient (Wildman–Crippen LogP) is -0.0785. The van der Waals surface area contributed by atoms with Crippen molar-refractivity contribution in [1.82, 2.24) is 0 Å². The van der Waals surface area contributed by atoms with Crippen LogP contribution in [0.25, 0.3) is 0 Å². The van der Waals surface area contributed by atoms with E-state index in [1.165, 1.54) is 18.2 Å². The van der Waals surface area contributed by atoms with Crippen LogP contribution in [0, 0.1) is 0 Å². The Hall–Kier alpha value is -1.60. The first kappa shape index (κ1) is 11.5. The molecular formula is C8H10N2O4S. The number of rotatable bonds is 3. The van der Waals surface area contributed by atoms with Gasteiger partial charge in [0, 0.05) is 5.56 Å². The van der Waals surface area contributed by atoms with Crippen molar-refractivity contribution in [2.24, 2.45) is 0 Å². The highest BCUT2D eigenvalue weighted by Crippen LogP contribution is 2.16. The van der Waals surface area contributed by atoms with Crippen LogP contribution in [0.2, 0.25) is 0 Å². The Bertz CT molecular complexity index is 495. The molecule has 82 valence electrons. The molecule has 1 rings (SSSR count). The molecular weight excluding hydrogens is 220 g/mol. The molecule has 0 unspecified atom stereocenters. The van der Waals surface area contributed by atoms with Gasteiger partial charge in [0.1, 0.15) is 5.75 Å². The maximum Gasteiger partial charge on any atom is 0.272 e. The zero-order chi connectivity index (χ0) is 11.6. The number of benzene rings is 1. The molecule has 1 aromatic rings. The van der Waals surface area contributed by atoms with E-state index in [0.717, 1.165) is 0 Å². The molecule has 0 bridgehead atoms. The summed E-state index contributed by atoms with van der Waals surface area (Å²) in [6.45, 7) is 0. The molecule has 0 spiro atoms. The lowest BCUT2D eigenvalue weighted by atomic mass is 10.1. The fraction of sp³-hybridized carbons (Fsp3) is 0.125. The van der Waals surface area contributed by atoms with Crippen molar-refractivity contribution >= 4 is 27.3 Å². The monoisotopic (exact) mass is 230 g/mol. The van der Waals surface area contributed by atoms with Gasteiger partial charge in [-0.3, -0.25) is 9.35 Å². The van der Waals surface area contributed by atoms with Gasteiger partial charge < -0.3 is 11.5 Å². The Morgan fingerprint density at radius 3 is 2.33 bits per heavy atom. The zero-order valence-electron chi connectivity index (χ0n) is 7.67. The second-order valence-corrected chi connectivity index (χ2v) is 4.45. The number of Topliss-reactive ketones (excluding diaryl/α,β-unsaturated/α-hetero) is 1. The summed E-state index contributed by atoms with van der Waals surface area (Å²) in [4.78, 5) is 11.3. The summed E-state index contributed by atoms with van der Waals surface area (Å²) >= 11 is 0. The van der Waals surface area contributed by atoms with Crippen LogP contribution in [0.5, 0.6) is 0 Å². The minimum atomic E-state index is -4.32. The number of carbonyl (C=O) groups is 1. The van der Waals surface area contributed by atoms with E-state index in [9.17, 15) is 13.2 Å². The molecule has 0 aliphatic heterocycles. The van der Waals surface area contributed by atoms with Gasteiger partial charge in [0.25, 0.3) is 10.1 Å². The Kier molecular flexibility index (Phi) is 2.96. The third-order valence-corrected chi connectivity index (χ3v) is 2.35. The fourth-order valence-corrected chi connectivity index (χ4v) is 1.50. The summed E-state index contributed by atoms with van der Waals surface area (Å²) in [5, 5.41) is 0. The van der Waals surface area contributed by atoms with E-state index >= 15 is 0 Å². The molecule has 0 radical (unpaired) electrons. The second kappa shape index (κ2) is 3.87. The zero-order valence-corrected chi connectivity index (χ0v) is 8.49. The molecule has 0 heterocycles. The van der Waals surface area contributed by atoms with Crippen molar-refractivity contribution in [3.63, 3.8) is 0 Å². The van der Waals surface area contributed by atoms with Gasteiger partial charge in [-0.2, -0.15) is 8.42 Å². The molecule has 15 heavy (non-hydrogen) atoms. The molecule has 1 aromatic carbocycles. The van der Waals surface area contributed by atoms with Gasteiger partial charge >= 0.3 is 0 Å². The summed E-state index contributed by atoms with van der Waals surface area (Å²) < 4.78 is 29.4. The quantitative estimate of drug-likeness (QED) is 0.379. The molecule has 0 saturated heterocycles. The summed E-state index contributed by atoms with van der Waals surface area (Å²) in [5.41, 5.74) is 11.4. The van der Waals surface area contributed by atoms with Crippen LogP contribution in [-0.4, -0.2) is 24.5 Å². The SMILES string of the molecule is Nc1ccc(C(=O)CS(=O)(=O)O)cc1N. The van der Waals surface area contributed by atoms with E-state index in [1.54, 1.807) is 0 Å². The number of anilines is 2. The molecule has 6 nitrogen and oxygen atoms in total. The molecule has 0 aliphatic rings. The normalized spacial score (nSPS) is 11.3. The van der Waals surface area contributed by atoms with Crippen LogP contribution < -0.4 is 11.5 Å². The third-order valence-electron chi connectivity index (χ3n) is 1.72. The maximum atomic E-state index is 11.3. The number of nitrogen functional groups attached to an aromatic ring is 2. The van der Waals surface area contributed by atoms with Crippen LogP contribution in [0.1, 0.15) is 10.4 Å². The molecule has 0 fully saturated rings. The van der Waals surface area contributed by atoms with Gasteiger partial charge in [-0.1, -0.05) is 0 Å². The van der Waals surface area contributed by atoms with Crippen molar-refractivity contribution in [2.45, 2.75) is 0 Å². The van der Waals surface area contributed by atoms with E-state index in [0.29, 0.717) is 5.69 Å². The van der Waals surface area contributed by atoms with Crippen molar-refractivity contribution in [1.29, 1.82) is 0 Å². The average molecular weight is 230 g/mol. The van der Waals surface area contributed by atoms with Gasteiger partial charge in [0.05, 0.1) is 11.4 Å². The van der Waals surface area contributed by atoms with Crippen LogP contribution in [0.15, 0.2) is 18.2 Å². The first-order chi connectivity index (χ1) is 6.79. The Morgan fingerprint density at radius 2 is 1.87 bits per heavy atom. The first-order valence-corrected chi connectivity index (χ1v) is 5.54. The van der Waals surface area contributed by atoms with Crippen molar-refractivity contribution < 1.29 is 17.8 Å². The van der Waals surface area contributed by atoms with Crippen molar-refractivity contribution in [3.8, 4) is 0 Å². The number of ketones is 1. The van der Waals surface area contributed by atoms with Gasteiger partial charge in [0.2, 0.25) is 0 Å². The van der Waals surface area contributed by atoms with Crippen molar-refractivity contribution in [2.75, 3.05) is 17.2 Å². The standard InChI is InChI=1S/C8H10N2O4S/c9-6-2-1-5(3-7(6)10)8(11)4-15(12,13)14/h1-3H,4,9-10H2,(H,12,13,14). The molecule has 0 amide bonds. The molecule has 7 heteroatoms. The van der Waals surface area contributed by atoms with Gasteiger partial charge in [-0.25, -0.2) is 0 Å². The van der Waals surface area contributed by atoms with Crippen LogP contribution in [0.4, 0.5) is 11.4 Å². The van der Waals surface area contributed by atoms with Crippen LogP contribution >= 0.6 is 0 Å². The highest BCUT2D eigenvalue weighted by atomic mass is 32.2. The lowest BCUT2D eigenvalue weighted by Crippen LogP contribution is -2.15. The van der Waals surface area contributed by atoms with Gasteiger partial charge in [-0.15, -0.1) is 0 Å². The Labute approximate surface area is 86.6 Å². The van der Waals surface area contributed by atoms with Crippen LogP contribution in [0.3, 0.4) is 0 Å². The Morgan fingerprint density at radius 1 is 1.27 bits per heavy atom. The lowest BCUT2D eigenvalue weighted by Gasteiger charge is -2.03. The number of hydrogen-bond donors (Lipinski definition) is 3. The summed E-state index contributed by atoms with van der Waals surface area (Å²) in [7, 11) is -4.32. The van der Waals surface area contributed by atoms with Crippen molar-refractivity contribution in [3.05, 3.63) is 23.8 Å². The summed E-state index contributed by atoms with van der Waals surface area (Å²) in [5.74, 6) is -1.69. The van der Waals surface area contributed by atoms with Gasteiger partial charge in [0.15, 0.2) is 5.78 Å². The van der Waals surface area contributed by atoms with E-state index in [1.807, 2.05) is 0 Å². The molecule has 0 atom stereocenters. The largest absolute Gasteiger partial charge is 0.397 e. The van der Waals surface area contributed by atoms with E-state index < -0.39 is 21.7 Å². The molecule has 0 aliphatic carbocycles. The maximum absolute atomic E-state index is 11.3. The van der Waals surface area contributed by atoms with E-state index in [4.69, 9.17) is 16.0 Å². The Balaban J connectivity index is 2.98. The highest BCUT2D eigenvalue weighted by Gasteiger charge is 2.15. The molecule has 0 saturated carbocycles. The number of hydrogen-bond acceptors (Lipinski definition) is 5. The predicted molar refractivity (Wildman–Crippen MR) is 56.0 cm³/mol. The summed E-state index contributed by atoms with van der Waals surface area (Å²) in [6, 6.07) is 4.01. The van der Waals surface area contributed by atoms with Gasteiger partial charge in [-0.05, 0) is 18.2 Å². The molecule has 0 aromatic heterocycles. The average Bonchev–Trinajstić information content (AvgIpc) is 2.06. The number of carbonyl (C=O) groups excluding carboxylic acids is 1. The van der Waals surface area contributed by atoms with E-state index in [2.05, 4.69) is 0 Å². The third kappa shape index (κ3) is 3.22. The fourth-order valence-electron chi connectivity index (χ4n) is 0.997. The first-order valence-electron chi connectivity index (χ1n) is 3.93. The number of nitrogens with two attached hydrogens (primary N) is 2. The topological polar surface area (TPSA) is 123 Å². The minimum absolute atomic E-state index is 0.0966. The van der Waals surface area contributed by atoms with Crippen LogP contribution in [-0.2, 0) is 10.1 Å². The lowest BCUT2D eigenvalue weighted by molar-refractivity contribution is 0.101. The molecule has 5 N–H and O–H groups in total. The second-order valence-electron chi connectivity index (χ2n) is 2.99. The highest BCUT2D eigenvalue weighted by molar-refractivity contribution is 7.86. The smallest absolute Gasteiger partial charge is 0.272 e.